The zero-order valence-corrected chi connectivity index (χ0v) is 14.9. The third kappa shape index (κ3) is 30.7. The van der Waals surface area contributed by atoms with Crippen LogP contribution in [0.1, 0.15) is 53.4 Å². The van der Waals surface area contributed by atoms with Gasteiger partial charge in [-0.1, -0.05) is 40.5 Å². The summed E-state index contributed by atoms with van der Waals surface area (Å²) in [5, 5.41) is 6.53. The van der Waals surface area contributed by atoms with Gasteiger partial charge in [-0.15, -0.1) is 0 Å². The van der Waals surface area contributed by atoms with E-state index < -0.39 is 0 Å². The summed E-state index contributed by atoms with van der Waals surface area (Å²) in [6.07, 6.45) is 5.20. The Morgan fingerprint density at radius 1 is 0.700 bits per heavy atom. The van der Waals surface area contributed by atoms with Crippen molar-refractivity contribution in [1.82, 2.24) is 10.6 Å². The van der Waals surface area contributed by atoms with E-state index in [1.807, 2.05) is 34.7 Å². The zero-order valence-electron chi connectivity index (χ0n) is 14.9. The highest BCUT2D eigenvalue weighted by atomic mass is 16.5. The lowest BCUT2D eigenvalue weighted by atomic mass is 10.2. The van der Waals surface area contributed by atoms with Crippen LogP contribution in [0, 0.1) is 0 Å². The predicted molar refractivity (Wildman–Crippen MR) is 90.7 cm³/mol. The first-order chi connectivity index (χ1) is 9.91. The van der Waals surface area contributed by atoms with Crippen LogP contribution in [0.25, 0.3) is 0 Å². The van der Waals surface area contributed by atoms with Gasteiger partial charge in [0.15, 0.2) is 0 Å². The van der Waals surface area contributed by atoms with E-state index in [1.165, 1.54) is 25.7 Å². The molecule has 0 aliphatic carbocycles. The molecule has 0 aliphatic rings. The molecule has 2 N–H and O–H groups in total. The van der Waals surface area contributed by atoms with Gasteiger partial charge in [-0.2, -0.15) is 0 Å². The van der Waals surface area contributed by atoms with E-state index in [2.05, 4.69) is 10.6 Å². The van der Waals surface area contributed by atoms with Crippen LogP contribution in [0.3, 0.4) is 0 Å². The Labute approximate surface area is 128 Å². The maximum Gasteiger partial charge on any atom is 0.0700 e. The fourth-order valence-corrected chi connectivity index (χ4v) is 1.42. The maximum absolute atomic E-state index is 5.34. The number of methoxy groups -OCH3 is 1. The average Bonchev–Trinajstić information content (AvgIpc) is 2.52. The van der Waals surface area contributed by atoms with Crippen molar-refractivity contribution in [2.75, 3.05) is 53.6 Å². The molecule has 0 radical (unpaired) electrons. The number of hydrogen-bond donors (Lipinski definition) is 2. The van der Waals surface area contributed by atoms with Crippen molar-refractivity contribution in [1.29, 1.82) is 0 Å². The molecule has 0 atom stereocenters. The van der Waals surface area contributed by atoms with Crippen LogP contribution in [0.4, 0.5) is 0 Å². The number of rotatable bonds is 13. The van der Waals surface area contributed by atoms with Gasteiger partial charge in [0.2, 0.25) is 0 Å². The first-order valence-electron chi connectivity index (χ1n) is 8.33. The lowest BCUT2D eigenvalue weighted by Crippen LogP contribution is -2.21. The highest BCUT2D eigenvalue weighted by molar-refractivity contribution is 4.50. The molecule has 0 aromatic rings. The topological polar surface area (TPSA) is 42.5 Å². The van der Waals surface area contributed by atoms with Gasteiger partial charge in [-0.05, 0) is 33.0 Å². The summed E-state index contributed by atoms with van der Waals surface area (Å²) in [5.41, 5.74) is 0. The lowest BCUT2D eigenvalue weighted by Gasteiger charge is -2.05. The monoisotopic (exact) mass is 292 g/mol. The molecule has 126 valence electrons. The number of unbranched alkanes of at least 4 members (excludes halogenated alkanes) is 3. The van der Waals surface area contributed by atoms with E-state index in [-0.39, 0.29) is 0 Å². The average molecular weight is 293 g/mol. The fourth-order valence-electron chi connectivity index (χ4n) is 1.42. The van der Waals surface area contributed by atoms with Crippen LogP contribution in [0.2, 0.25) is 0 Å². The van der Waals surface area contributed by atoms with E-state index in [1.54, 1.807) is 7.11 Å². The lowest BCUT2D eigenvalue weighted by molar-refractivity contribution is 0.0720. The summed E-state index contributed by atoms with van der Waals surface area (Å²) in [5.74, 6) is 0. The van der Waals surface area contributed by atoms with Crippen molar-refractivity contribution >= 4 is 0 Å². The largest absolute Gasteiger partial charge is 0.382 e. The van der Waals surface area contributed by atoms with Gasteiger partial charge in [0.25, 0.3) is 0 Å². The predicted octanol–water partition coefficient (Wildman–Crippen LogP) is 3.07. The van der Waals surface area contributed by atoms with Gasteiger partial charge in [0.1, 0.15) is 0 Å². The van der Waals surface area contributed by atoms with Gasteiger partial charge in [0, 0.05) is 13.7 Å². The molecule has 0 heterocycles. The Kier molecular flexibility index (Phi) is 38.9. The number of ether oxygens (including phenoxy) is 2. The Hall–Kier alpha value is -0.160. The summed E-state index contributed by atoms with van der Waals surface area (Å²) >= 11 is 0. The summed E-state index contributed by atoms with van der Waals surface area (Å²) in [6.45, 7) is 13.4. The molecule has 20 heavy (non-hydrogen) atoms. The van der Waals surface area contributed by atoms with E-state index in [4.69, 9.17) is 9.47 Å². The van der Waals surface area contributed by atoms with Gasteiger partial charge < -0.3 is 20.1 Å². The smallest absolute Gasteiger partial charge is 0.0700 e. The molecule has 0 aromatic heterocycles. The highest BCUT2D eigenvalue weighted by Crippen LogP contribution is 1.97. The van der Waals surface area contributed by atoms with E-state index in [0.717, 1.165) is 26.2 Å². The second-order valence-corrected chi connectivity index (χ2v) is 3.87. The molecule has 0 rings (SSSR count). The minimum absolute atomic E-state index is 0.686. The standard InChI is InChI=1S/C12H28N2O2.2C2H6/c1-13-7-5-3-4-6-8-14-9-10-16-12-11-15-2;2*1-2/h13-14H,3-12H2,1-2H3;2*1-2H3. The minimum atomic E-state index is 0.686. The first kappa shape index (κ1) is 24.8. The second-order valence-electron chi connectivity index (χ2n) is 3.87. The van der Waals surface area contributed by atoms with Crippen molar-refractivity contribution in [3.8, 4) is 0 Å². The van der Waals surface area contributed by atoms with Crippen LogP contribution in [0.15, 0.2) is 0 Å². The molecule has 0 saturated heterocycles. The molecule has 4 nitrogen and oxygen atoms in total. The van der Waals surface area contributed by atoms with Crippen molar-refractivity contribution in [3.63, 3.8) is 0 Å². The van der Waals surface area contributed by atoms with Crippen LogP contribution in [-0.4, -0.2) is 53.6 Å². The van der Waals surface area contributed by atoms with Crippen molar-refractivity contribution in [3.05, 3.63) is 0 Å². The molecule has 0 aromatic carbocycles. The molecule has 0 unspecified atom stereocenters. The van der Waals surface area contributed by atoms with Gasteiger partial charge in [-0.3, -0.25) is 0 Å². The van der Waals surface area contributed by atoms with Crippen LogP contribution in [0.5, 0.6) is 0 Å². The molecule has 0 amide bonds. The third-order valence-corrected chi connectivity index (χ3v) is 2.39. The Bertz CT molecular complexity index is 111. The van der Waals surface area contributed by atoms with Gasteiger partial charge in [0.05, 0.1) is 19.8 Å². The quantitative estimate of drug-likeness (QED) is 0.512. The van der Waals surface area contributed by atoms with Crippen LogP contribution in [-0.2, 0) is 9.47 Å². The van der Waals surface area contributed by atoms with E-state index in [9.17, 15) is 0 Å². The van der Waals surface area contributed by atoms with Crippen LogP contribution >= 0.6 is 0 Å². The molecule has 4 heteroatoms. The molecule has 0 spiro atoms. The summed E-state index contributed by atoms with van der Waals surface area (Å²) < 4.78 is 10.2. The fraction of sp³-hybridized carbons (Fsp3) is 1.00. The summed E-state index contributed by atoms with van der Waals surface area (Å²) in [7, 11) is 3.70. The van der Waals surface area contributed by atoms with Crippen LogP contribution < -0.4 is 10.6 Å². The normalized spacial score (nSPS) is 9.30. The Morgan fingerprint density at radius 3 is 1.85 bits per heavy atom. The van der Waals surface area contributed by atoms with Crippen molar-refractivity contribution in [2.45, 2.75) is 53.4 Å². The Morgan fingerprint density at radius 2 is 1.30 bits per heavy atom. The SMILES string of the molecule is CC.CC.CNCCCCCCNCCOCCOC. The van der Waals surface area contributed by atoms with E-state index in [0.29, 0.717) is 13.2 Å². The molecule has 0 aliphatic heterocycles. The van der Waals surface area contributed by atoms with Crippen molar-refractivity contribution < 1.29 is 9.47 Å². The molecular formula is C16H40N2O2. The summed E-state index contributed by atoms with van der Waals surface area (Å²) in [6, 6.07) is 0. The van der Waals surface area contributed by atoms with E-state index >= 15 is 0 Å². The third-order valence-electron chi connectivity index (χ3n) is 2.39. The molecular weight excluding hydrogens is 252 g/mol. The van der Waals surface area contributed by atoms with Gasteiger partial charge in [-0.25, -0.2) is 0 Å². The number of hydrogen-bond acceptors (Lipinski definition) is 4. The molecule has 0 saturated carbocycles. The molecule has 0 bridgehead atoms. The first-order valence-corrected chi connectivity index (χ1v) is 8.33. The minimum Gasteiger partial charge on any atom is -0.382 e. The van der Waals surface area contributed by atoms with Crippen molar-refractivity contribution in [2.24, 2.45) is 0 Å². The molecule has 0 fully saturated rings. The van der Waals surface area contributed by atoms with Gasteiger partial charge >= 0.3 is 0 Å². The number of nitrogens with one attached hydrogen (secondary N) is 2. The Balaban J connectivity index is -0.000000656. The zero-order chi connectivity index (χ0) is 15.9. The summed E-state index contributed by atoms with van der Waals surface area (Å²) in [4.78, 5) is 0. The highest BCUT2D eigenvalue weighted by Gasteiger charge is 1.91. The maximum atomic E-state index is 5.34. The second kappa shape index (κ2) is 31.3.